The van der Waals surface area contributed by atoms with Crippen molar-refractivity contribution in [2.75, 3.05) is 7.11 Å². The minimum Gasteiger partial charge on any atom is -0.427 e. The van der Waals surface area contributed by atoms with Crippen molar-refractivity contribution in [2.24, 2.45) is 0 Å². The van der Waals surface area contributed by atoms with Crippen LogP contribution in [0.5, 0.6) is 0 Å². The van der Waals surface area contributed by atoms with Gasteiger partial charge in [-0.25, -0.2) is 4.39 Å². The molecule has 0 aliphatic carbocycles. The molecule has 2 nitrogen and oxygen atoms in total. The summed E-state index contributed by atoms with van der Waals surface area (Å²) in [4.78, 5) is 0. The monoisotopic (exact) mass is 305 g/mol. The highest BCUT2D eigenvalue weighted by molar-refractivity contribution is 6.49. The smallest absolute Gasteiger partial charge is 0.333 e. The Balaban J connectivity index is 2.85. The number of hydrogen-bond acceptors (Lipinski definition) is 2. The predicted octanol–water partition coefficient (Wildman–Crippen LogP) is 3.60. The fourth-order valence-corrected chi connectivity index (χ4v) is 1.55. The third-order valence-electron chi connectivity index (χ3n) is 3.48. The molecule has 19 heavy (non-hydrogen) atoms. The van der Waals surface area contributed by atoms with Crippen LogP contribution in [0.4, 0.5) is 4.39 Å². The Labute approximate surface area is 124 Å². The molecule has 0 amide bonds. The lowest BCUT2D eigenvalue weighted by atomic mass is 9.82. The van der Waals surface area contributed by atoms with Gasteiger partial charge in [-0.3, -0.25) is 0 Å². The van der Waals surface area contributed by atoms with Gasteiger partial charge in [-0.15, -0.1) is 0 Å². The number of ether oxygens (including phenoxy) is 1. The van der Waals surface area contributed by atoms with Crippen LogP contribution in [0.2, 0.25) is 10.0 Å². The molecule has 1 radical (unpaired) electrons. The summed E-state index contributed by atoms with van der Waals surface area (Å²) in [7, 11) is 2.93. The minimum absolute atomic E-state index is 0.174. The lowest BCUT2D eigenvalue weighted by molar-refractivity contribution is -0.114. The van der Waals surface area contributed by atoms with E-state index in [0.29, 0.717) is 0 Å². The quantitative estimate of drug-likeness (QED) is 0.611. The standard InChI is InChI=1S/C13H17BCl2FO2/c1-12(2,18-5)13(3,4)19-14-8-6-9(15)10(16)7-11(8)17/h6-7H,1-5H3. The summed E-state index contributed by atoms with van der Waals surface area (Å²) in [6, 6.07) is 2.59. The molecule has 0 saturated carbocycles. The van der Waals surface area contributed by atoms with E-state index in [9.17, 15) is 4.39 Å². The first-order chi connectivity index (χ1) is 8.60. The molecule has 0 unspecified atom stereocenters. The Morgan fingerprint density at radius 1 is 1.05 bits per heavy atom. The second-order valence-corrected chi connectivity index (χ2v) is 6.06. The zero-order valence-electron chi connectivity index (χ0n) is 11.7. The van der Waals surface area contributed by atoms with Gasteiger partial charge in [-0.05, 0) is 45.3 Å². The highest BCUT2D eigenvalue weighted by Gasteiger charge is 2.38. The van der Waals surface area contributed by atoms with Crippen LogP contribution in [0, 0.1) is 5.82 Å². The number of benzene rings is 1. The van der Waals surface area contributed by atoms with E-state index >= 15 is 0 Å². The largest absolute Gasteiger partial charge is 0.427 e. The zero-order chi connectivity index (χ0) is 14.8. The average Bonchev–Trinajstić information content (AvgIpc) is 2.32. The summed E-state index contributed by atoms with van der Waals surface area (Å²) in [5.41, 5.74) is -0.925. The van der Waals surface area contributed by atoms with E-state index in [1.165, 1.54) is 13.5 Å². The maximum absolute atomic E-state index is 13.7. The first-order valence-electron chi connectivity index (χ1n) is 5.81. The van der Waals surface area contributed by atoms with Crippen molar-refractivity contribution in [2.45, 2.75) is 38.9 Å². The third-order valence-corrected chi connectivity index (χ3v) is 4.20. The van der Waals surface area contributed by atoms with Crippen LogP contribution in [-0.2, 0) is 9.39 Å². The van der Waals surface area contributed by atoms with Crippen LogP contribution < -0.4 is 5.46 Å². The van der Waals surface area contributed by atoms with E-state index in [1.807, 2.05) is 27.7 Å². The van der Waals surface area contributed by atoms with Crippen molar-refractivity contribution in [3.05, 3.63) is 28.0 Å². The lowest BCUT2D eigenvalue weighted by Gasteiger charge is -2.40. The SMILES string of the molecule is COC(C)(C)C(C)(C)O[B]c1cc(Cl)c(Cl)cc1F. The second-order valence-electron chi connectivity index (χ2n) is 5.25. The van der Waals surface area contributed by atoms with Gasteiger partial charge < -0.3 is 9.39 Å². The van der Waals surface area contributed by atoms with Gasteiger partial charge in [-0.2, -0.15) is 0 Å². The van der Waals surface area contributed by atoms with Gasteiger partial charge in [0.05, 0.1) is 21.2 Å². The van der Waals surface area contributed by atoms with Gasteiger partial charge in [-0.1, -0.05) is 23.2 Å². The molecule has 0 atom stereocenters. The van der Waals surface area contributed by atoms with Crippen molar-refractivity contribution in [3.63, 3.8) is 0 Å². The highest BCUT2D eigenvalue weighted by Crippen LogP contribution is 2.28. The highest BCUT2D eigenvalue weighted by atomic mass is 35.5. The topological polar surface area (TPSA) is 18.5 Å². The van der Waals surface area contributed by atoms with Crippen LogP contribution >= 0.6 is 23.2 Å². The summed E-state index contributed by atoms with van der Waals surface area (Å²) < 4.78 is 24.7. The molecule has 0 N–H and O–H groups in total. The van der Waals surface area contributed by atoms with E-state index in [4.69, 9.17) is 32.6 Å². The molecule has 0 aliphatic rings. The Kier molecular flexibility index (Phi) is 5.30. The molecule has 0 fully saturated rings. The third kappa shape index (κ3) is 3.85. The van der Waals surface area contributed by atoms with Gasteiger partial charge in [0.15, 0.2) is 0 Å². The summed E-state index contributed by atoms with van der Waals surface area (Å²) in [5, 5.41) is 0.453. The van der Waals surface area contributed by atoms with Crippen LogP contribution in [-0.4, -0.2) is 25.8 Å². The molecular weight excluding hydrogens is 289 g/mol. The molecule has 1 rings (SSSR count). The van der Waals surface area contributed by atoms with Crippen molar-refractivity contribution in [1.29, 1.82) is 0 Å². The first-order valence-corrected chi connectivity index (χ1v) is 6.57. The summed E-state index contributed by atoms with van der Waals surface area (Å²) in [5.74, 6) is -0.486. The van der Waals surface area contributed by atoms with E-state index in [1.54, 1.807) is 7.11 Å². The van der Waals surface area contributed by atoms with Gasteiger partial charge in [0, 0.05) is 7.11 Å². The molecule has 1 aromatic carbocycles. The fraction of sp³-hybridized carbons (Fsp3) is 0.538. The maximum Gasteiger partial charge on any atom is 0.333 e. The van der Waals surface area contributed by atoms with Gasteiger partial charge in [0.1, 0.15) is 5.82 Å². The first kappa shape index (κ1) is 16.8. The van der Waals surface area contributed by atoms with Crippen LogP contribution in [0.15, 0.2) is 12.1 Å². The van der Waals surface area contributed by atoms with Gasteiger partial charge in [0.2, 0.25) is 0 Å². The Hall–Kier alpha value is -0.285. The molecular formula is C13H17BCl2FO2. The van der Waals surface area contributed by atoms with Crippen molar-refractivity contribution < 1.29 is 13.8 Å². The molecule has 0 saturated heterocycles. The number of halogens is 3. The molecule has 6 heteroatoms. The zero-order valence-corrected chi connectivity index (χ0v) is 13.2. The number of hydrogen-bond donors (Lipinski definition) is 0. The molecule has 0 bridgehead atoms. The fourth-order valence-electron chi connectivity index (χ4n) is 1.23. The Morgan fingerprint density at radius 3 is 2.11 bits per heavy atom. The van der Waals surface area contributed by atoms with E-state index < -0.39 is 17.0 Å². The van der Waals surface area contributed by atoms with Crippen LogP contribution in [0.3, 0.4) is 0 Å². The average molecular weight is 306 g/mol. The molecule has 0 heterocycles. The summed E-state index contributed by atoms with van der Waals surface area (Å²) in [6.07, 6.45) is 0. The Morgan fingerprint density at radius 2 is 1.58 bits per heavy atom. The molecule has 0 spiro atoms. The predicted molar refractivity (Wildman–Crippen MR) is 78.1 cm³/mol. The van der Waals surface area contributed by atoms with Crippen LogP contribution in [0.1, 0.15) is 27.7 Å². The van der Waals surface area contributed by atoms with Crippen LogP contribution in [0.25, 0.3) is 0 Å². The lowest BCUT2D eigenvalue weighted by Crippen LogP contribution is -2.50. The normalized spacial score (nSPS) is 12.6. The van der Waals surface area contributed by atoms with Gasteiger partial charge in [0.25, 0.3) is 0 Å². The van der Waals surface area contributed by atoms with Gasteiger partial charge >= 0.3 is 7.48 Å². The second kappa shape index (κ2) is 6.00. The molecule has 1 aromatic rings. The summed E-state index contributed by atoms with van der Waals surface area (Å²) >= 11 is 11.6. The molecule has 0 aliphatic heterocycles. The minimum atomic E-state index is -0.639. The van der Waals surface area contributed by atoms with E-state index in [-0.39, 0.29) is 15.5 Å². The van der Waals surface area contributed by atoms with Crippen molar-refractivity contribution in [3.8, 4) is 0 Å². The molecule has 105 valence electrons. The number of methoxy groups -OCH3 is 1. The molecule has 0 aromatic heterocycles. The summed E-state index contributed by atoms with van der Waals surface area (Å²) in [6.45, 7) is 7.52. The van der Waals surface area contributed by atoms with Crippen molar-refractivity contribution >= 4 is 36.1 Å². The van der Waals surface area contributed by atoms with E-state index in [0.717, 1.165) is 6.07 Å². The number of rotatable bonds is 5. The Bertz CT molecular complexity index is 464. The maximum atomic E-state index is 13.7. The van der Waals surface area contributed by atoms with Crippen molar-refractivity contribution in [1.82, 2.24) is 0 Å². The van der Waals surface area contributed by atoms with E-state index in [2.05, 4.69) is 0 Å².